The molecule has 1 aliphatic carbocycles. The summed E-state index contributed by atoms with van der Waals surface area (Å²) in [5, 5.41) is 9.81. The Morgan fingerprint density at radius 3 is 2.95 bits per heavy atom. The first-order valence-electron chi connectivity index (χ1n) is 7.19. The fourth-order valence-corrected chi connectivity index (χ4v) is 3.41. The maximum Gasteiger partial charge on any atom is 0.323 e. The van der Waals surface area contributed by atoms with Crippen LogP contribution in [0.3, 0.4) is 0 Å². The fourth-order valence-electron chi connectivity index (χ4n) is 3.41. The first-order valence-corrected chi connectivity index (χ1v) is 7.19. The zero-order chi connectivity index (χ0) is 14.0. The Balaban J connectivity index is 2.06. The van der Waals surface area contributed by atoms with Gasteiger partial charge in [-0.3, -0.25) is 9.69 Å². The highest BCUT2D eigenvalue weighted by Crippen LogP contribution is 2.32. The first kappa shape index (κ1) is 14.5. The molecule has 1 aliphatic heterocycles. The van der Waals surface area contributed by atoms with Crippen LogP contribution in [0.1, 0.15) is 33.1 Å². The number of hydrogen-bond acceptors (Lipinski definition) is 4. The maximum absolute atomic E-state index is 11.8. The third kappa shape index (κ3) is 3.18. The van der Waals surface area contributed by atoms with Gasteiger partial charge in [-0.05, 0) is 31.6 Å². The van der Waals surface area contributed by atoms with Crippen LogP contribution in [0.25, 0.3) is 0 Å². The Bertz CT molecular complexity index is 366. The Labute approximate surface area is 115 Å². The van der Waals surface area contributed by atoms with E-state index in [0.29, 0.717) is 24.8 Å². The van der Waals surface area contributed by atoms with E-state index in [1.165, 1.54) is 19.1 Å². The third-order valence-corrected chi connectivity index (χ3v) is 4.65. The monoisotopic (exact) mass is 267 g/mol. The number of β-amino-alcohol motifs (C(OH)–C–C–N with tert-alkyl or cyclic N) is 1. The molecule has 1 heterocycles. The van der Waals surface area contributed by atoms with Gasteiger partial charge in [0, 0.05) is 19.5 Å². The highest BCUT2D eigenvalue weighted by molar-refractivity contribution is 5.76. The number of rotatable bonds is 3. The number of hydrogen-bond donors (Lipinski definition) is 1. The van der Waals surface area contributed by atoms with Gasteiger partial charge in [0.05, 0.1) is 13.2 Å². The van der Waals surface area contributed by atoms with Crippen molar-refractivity contribution in [2.24, 2.45) is 11.8 Å². The molecule has 0 saturated carbocycles. The summed E-state index contributed by atoms with van der Waals surface area (Å²) in [5.41, 5.74) is 1.42. The van der Waals surface area contributed by atoms with Crippen molar-refractivity contribution in [1.82, 2.24) is 4.90 Å². The Morgan fingerprint density at radius 1 is 1.58 bits per heavy atom. The van der Waals surface area contributed by atoms with Crippen LogP contribution < -0.4 is 0 Å². The molecule has 0 spiro atoms. The van der Waals surface area contributed by atoms with Crippen LogP contribution in [0.4, 0.5) is 0 Å². The molecule has 2 rings (SSSR count). The molecule has 2 aliphatic rings. The zero-order valence-electron chi connectivity index (χ0n) is 12.1. The summed E-state index contributed by atoms with van der Waals surface area (Å²) in [6, 6.07) is -0.276. The summed E-state index contributed by atoms with van der Waals surface area (Å²) < 4.78 is 4.85. The number of aliphatic hydroxyl groups excluding tert-OH is 1. The minimum absolute atomic E-state index is 0.221. The number of aliphatic hydroxyl groups is 1. The molecular weight excluding hydrogens is 242 g/mol. The van der Waals surface area contributed by atoms with Gasteiger partial charge in [-0.25, -0.2) is 0 Å². The van der Waals surface area contributed by atoms with E-state index < -0.39 is 6.10 Å². The molecule has 108 valence electrons. The van der Waals surface area contributed by atoms with E-state index in [0.717, 1.165) is 13.0 Å². The van der Waals surface area contributed by atoms with Crippen LogP contribution in [-0.4, -0.2) is 48.3 Å². The van der Waals surface area contributed by atoms with Crippen LogP contribution in [-0.2, 0) is 9.53 Å². The second kappa shape index (κ2) is 6.06. The Hall–Kier alpha value is -0.870. The maximum atomic E-state index is 11.8. The summed E-state index contributed by atoms with van der Waals surface area (Å²) in [4.78, 5) is 13.9. The summed E-state index contributed by atoms with van der Waals surface area (Å²) >= 11 is 0. The lowest BCUT2D eigenvalue weighted by Crippen LogP contribution is -2.41. The number of nitrogens with zero attached hydrogens (tertiary/aromatic N) is 1. The van der Waals surface area contributed by atoms with Gasteiger partial charge in [0.2, 0.25) is 0 Å². The summed E-state index contributed by atoms with van der Waals surface area (Å²) in [6.07, 6.45) is 4.77. The molecule has 4 nitrogen and oxygen atoms in total. The number of methoxy groups -OCH3 is 1. The molecular formula is C15H25NO3. The molecule has 4 heteroatoms. The molecule has 1 N–H and O–H groups in total. The lowest BCUT2D eigenvalue weighted by molar-refractivity contribution is -0.146. The van der Waals surface area contributed by atoms with Gasteiger partial charge in [0.15, 0.2) is 0 Å². The summed E-state index contributed by atoms with van der Waals surface area (Å²) in [7, 11) is 1.42. The number of carbonyl (C=O) groups is 1. The van der Waals surface area contributed by atoms with Crippen molar-refractivity contribution in [2.75, 3.05) is 20.2 Å². The second-order valence-electron chi connectivity index (χ2n) is 5.99. The largest absolute Gasteiger partial charge is 0.468 e. The molecule has 4 atom stereocenters. The van der Waals surface area contributed by atoms with Crippen molar-refractivity contribution >= 4 is 5.97 Å². The predicted molar refractivity (Wildman–Crippen MR) is 73.6 cm³/mol. The molecule has 1 fully saturated rings. The van der Waals surface area contributed by atoms with Gasteiger partial charge in [-0.1, -0.05) is 18.6 Å². The topological polar surface area (TPSA) is 49.8 Å². The van der Waals surface area contributed by atoms with E-state index in [1.54, 1.807) is 0 Å². The molecule has 0 aromatic heterocycles. The van der Waals surface area contributed by atoms with Crippen LogP contribution in [0, 0.1) is 11.8 Å². The highest BCUT2D eigenvalue weighted by Gasteiger charge is 2.38. The SMILES string of the molecule is COC(=O)[C@@H]1C[C@@H](O)CN1C[C@@H]1C(C)=CCC[C@H]1C. The number of allylic oxidation sites excluding steroid dienone is 1. The molecule has 0 aromatic rings. The van der Waals surface area contributed by atoms with Crippen molar-refractivity contribution in [1.29, 1.82) is 0 Å². The predicted octanol–water partition coefficient (Wildman–Crippen LogP) is 1.59. The Kier molecular flexibility index (Phi) is 4.63. The molecule has 0 radical (unpaired) electrons. The average Bonchev–Trinajstić information content (AvgIpc) is 2.74. The van der Waals surface area contributed by atoms with E-state index in [2.05, 4.69) is 24.8 Å². The van der Waals surface area contributed by atoms with Gasteiger partial charge in [-0.2, -0.15) is 0 Å². The van der Waals surface area contributed by atoms with E-state index in [9.17, 15) is 9.90 Å². The van der Waals surface area contributed by atoms with Crippen molar-refractivity contribution in [3.63, 3.8) is 0 Å². The quantitative estimate of drug-likeness (QED) is 0.623. The summed E-state index contributed by atoms with van der Waals surface area (Å²) in [6.45, 7) is 5.89. The molecule has 0 amide bonds. The van der Waals surface area contributed by atoms with E-state index in [4.69, 9.17) is 4.74 Å². The zero-order valence-corrected chi connectivity index (χ0v) is 12.1. The highest BCUT2D eigenvalue weighted by atomic mass is 16.5. The fraction of sp³-hybridized carbons (Fsp3) is 0.800. The first-order chi connectivity index (χ1) is 9.02. The third-order valence-electron chi connectivity index (χ3n) is 4.65. The number of esters is 1. The number of likely N-dealkylation sites (tertiary alicyclic amines) is 1. The minimum atomic E-state index is -0.410. The lowest BCUT2D eigenvalue weighted by Gasteiger charge is -2.34. The smallest absolute Gasteiger partial charge is 0.323 e. The van der Waals surface area contributed by atoms with Crippen LogP contribution in [0.5, 0.6) is 0 Å². The van der Waals surface area contributed by atoms with Gasteiger partial charge >= 0.3 is 5.97 Å². The van der Waals surface area contributed by atoms with Crippen molar-refractivity contribution in [3.05, 3.63) is 11.6 Å². The summed E-state index contributed by atoms with van der Waals surface area (Å²) in [5.74, 6) is 0.911. The number of ether oxygens (including phenoxy) is 1. The van der Waals surface area contributed by atoms with Crippen LogP contribution in [0.15, 0.2) is 11.6 Å². The average molecular weight is 267 g/mol. The normalized spacial score (nSPS) is 36.1. The van der Waals surface area contributed by atoms with Crippen molar-refractivity contribution in [2.45, 2.75) is 45.3 Å². The van der Waals surface area contributed by atoms with Crippen molar-refractivity contribution in [3.8, 4) is 0 Å². The van der Waals surface area contributed by atoms with Crippen LogP contribution >= 0.6 is 0 Å². The molecule has 0 unspecified atom stereocenters. The number of carbonyl (C=O) groups excluding carboxylic acids is 1. The van der Waals surface area contributed by atoms with E-state index in [-0.39, 0.29) is 12.0 Å². The minimum Gasteiger partial charge on any atom is -0.468 e. The van der Waals surface area contributed by atoms with Crippen molar-refractivity contribution < 1.29 is 14.6 Å². The molecule has 1 saturated heterocycles. The second-order valence-corrected chi connectivity index (χ2v) is 5.99. The Morgan fingerprint density at radius 2 is 2.32 bits per heavy atom. The van der Waals surface area contributed by atoms with Gasteiger partial charge < -0.3 is 9.84 Å². The van der Waals surface area contributed by atoms with Gasteiger partial charge in [0.25, 0.3) is 0 Å². The molecule has 0 aromatic carbocycles. The van der Waals surface area contributed by atoms with E-state index in [1.807, 2.05) is 0 Å². The van der Waals surface area contributed by atoms with E-state index >= 15 is 0 Å². The standard InChI is InChI=1S/C15H25NO3/c1-10-5-4-6-11(2)13(10)9-16-8-12(17)7-14(16)15(18)19-3/h5,11-14,17H,4,6-9H2,1-3H3/t11-,12-,13-,14+/m1/s1. The van der Waals surface area contributed by atoms with Gasteiger partial charge in [0.1, 0.15) is 6.04 Å². The molecule has 19 heavy (non-hydrogen) atoms. The lowest BCUT2D eigenvalue weighted by atomic mass is 9.79. The van der Waals surface area contributed by atoms with Gasteiger partial charge in [-0.15, -0.1) is 0 Å². The molecule has 0 bridgehead atoms. The van der Waals surface area contributed by atoms with Crippen LogP contribution in [0.2, 0.25) is 0 Å².